The van der Waals surface area contributed by atoms with Gasteiger partial charge in [-0.15, -0.1) is 0 Å². The van der Waals surface area contributed by atoms with Crippen LogP contribution in [0.1, 0.15) is 0 Å². The monoisotopic (exact) mass is 276 g/mol. The molecule has 0 saturated heterocycles. The van der Waals surface area contributed by atoms with Gasteiger partial charge < -0.3 is 18.9 Å². The molecule has 20 heavy (non-hydrogen) atoms. The summed E-state index contributed by atoms with van der Waals surface area (Å²) in [5, 5.41) is 0. The molecule has 2 aromatic rings. The predicted molar refractivity (Wildman–Crippen MR) is 79.1 cm³/mol. The summed E-state index contributed by atoms with van der Waals surface area (Å²) in [4.78, 5) is 0. The molecule has 4 nitrogen and oxygen atoms in total. The van der Waals surface area contributed by atoms with Gasteiger partial charge in [-0.3, -0.25) is 0 Å². The Morgan fingerprint density at radius 1 is 0.400 bits per heavy atom. The molecular formula is C16H20O4. The van der Waals surface area contributed by atoms with Crippen LogP contribution in [0.3, 0.4) is 0 Å². The second kappa shape index (κ2) is 8.69. The van der Waals surface area contributed by atoms with E-state index in [2.05, 4.69) is 0 Å². The summed E-state index contributed by atoms with van der Waals surface area (Å²) in [5.41, 5.74) is 0. The van der Waals surface area contributed by atoms with E-state index in [1.807, 2.05) is 48.5 Å². The molecular weight excluding hydrogens is 256 g/mol. The fourth-order valence-electron chi connectivity index (χ4n) is 1.42. The Labute approximate surface area is 119 Å². The average molecular weight is 276 g/mol. The second-order valence-electron chi connectivity index (χ2n) is 3.76. The highest BCUT2D eigenvalue weighted by atomic mass is 16.5. The fourth-order valence-corrected chi connectivity index (χ4v) is 1.42. The first-order chi connectivity index (χ1) is 9.73. The van der Waals surface area contributed by atoms with Crippen molar-refractivity contribution in [2.75, 3.05) is 28.4 Å². The molecule has 2 aromatic carbocycles. The van der Waals surface area contributed by atoms with Gasteiger partial charge in [-0.25, -0.2) is 0 Å². The van der Waals surface area contributed by atoms with E-state index in [-0.39, 0.29) is 0 Å². The Morgan fingerprint density at radius 3 is 0.650 bits per heavy atom. The number of hydrogen-bond donors (Lipinski definition) is 0. The Hall–Kier alpha value is -2.36. The third-order valence-corrected chi connectivity index (χ3v) is 2.59. The van der Waals surface area contributed by atoms with Crippen molar-refractivity contribution in [1.82, 2.24) is 0 Å². The van der Waals surface area contributed by atoms with E-state index in [9.17, 15) is 0 Å². The highest BCUT2D eigenvalue weighted by Crippen LogP contribution is 2.16. The molecule has 2 rings (SSSR count). The number of benzene rings is 2. The molecule has 0 saturated carbocycles. The van der Waals surface area contributed by atoms with Gasteiger partial charge in [-0.1, -0.05) is 0 Å². The SMILES string of the molecule is COc1ccc(OC)cc1.COc1ccc(OC)cc1. The van der Waals surface area contributed by atoms with Crippen molar-refractivity contribution in [2.24, 2.45) is 0 Å². The first-order valence-electron chi connectivity index (χ1n) is 6.09. The van der Waals surface area contributed by atoms with Crippen LogP contribution in [0.5, 0.6) is 23.0 Å². The van der Waals surface area contributed by atoms with Gasteiger partial charge in [0.15, 0.2) is 0 Å². The molecule has 0 atom stereocenters. The van der Waals surface area contributed by atoms with Gasteiger partial charge in [0, 0.05) is 0 Å². The zero-order chi connectivity index (χ0) is 14.8. The maximum absolute atomic E-state index is 4.96. The summed E-state index contributed by atoms with van der Waals surface area (Å²) in [6.07, 6.45) is 0. The molecule has 0 aliphatic heterocycles. The summed E-state index contributed by atoms with van der Waals surface area (Å²) in [5.74, 6) is 3.39. The summed E-state index contributed by atoms with van der Waals surface area (Å²) in [6.45, 7) is 0. The highest BCUT2D eigenvalue weighted by molar-refractivity contribution is 5.31. The molecule has 0 spiro atoms. The van der Waals surface area contributed by atoms with Gasteiger partial charge >= 0.3 is 0 Å². The summed E-state index contributed by atoms with van der Waals surface area (Å²) >= 11 is 0. The van der Waals surface area contributed by atoms with E-state index in [4.69, 9.17) is 18.9 Å². The van der Waals surface area contributed by atoms with Gasteiger partial charge in [0.25, 0.3) is 0 Å². The van der Waals surface area contributed by atoms with Gasteiger partial charge in [0.1, 0.15) is 23.0 Å². The largest absolute Gasteiger partial charge is 0.497 e. The zero-order valence-corrected chi connectivity index (χ0v) is 12.3. The van der Waals surface area contributed by atoms with Crippen LogP contribution >= 0.6 is 0 Å². The standard InChI is InChI=1S/2C8H10O2/c2*1-9-7-3-5-8(10-2)6-4-7/h2*3-6H,1-2H3. The van der Waals surface area contributed by atoms with Gasteiger partial charge in [0.2, 0.25) is 0 Å². The van der Waals surface area contributed by atoms with E-state index < -0.39 is 0 Å². The fraction of sp³-hybridized carbons (Fsp3) is 0.250. The summed E-state index contributed by atoms with van der Waals surface area (Å²) in [7, 11) is 6.56. The summed E-state index contributed by atoms with van der Waals surface area (Å²) < 4.78 is 19.8. The molecule has 0 heterocycles. The molecule has 0 bridgehead atoms. The van der Waals surface area contributed by atoms with E-state index in [1.165, 1.54) is 0 Å². The molecule has 4 heteroatoms. The smallest absolute Gasteiger partial charge is 0.119 e. The van der Waals surface area contributed by atoms with Crippen molar-refractivity contribution in [2.45, 2.75) is 0 Å². The van der Waals surface area contributed by atoms with Crippen molar-refractivity contribution < 1.29 is 18.9 Å². The maximum Gasteiger partial charge on any atom is 0.119 e. The minimum absolute atomic E-state index is 0.848. The van der Waals surface area contributed by atoms with Gasteiger partial charge in [-0.05, 0) is 48.5 Å². The van der Waals surface area contributed by atoms with Crippen molar-refractivity contribution in [3.8, 4) is 23.0 Å². The van der Waals surface area contributed by atoms with Crippen LogP contribution in [0.15, 0.2) is 48.5 Å². The summed E-state index contributed by atoms with van der Waals surface area (Å²) in [6, 6.07) is 14.9. The molecule has 108 valence electrons. The third-order valence-electron chi connectivity index (χ3n) is 2.59. The van der Waals surface area contributed by atoms with Gasteiger partial charge in [-0.2, -0.15) is 0 Å². The van der Waals surface area contributed by atoms with Crippen LogP contribution in [0.2, 0.25) is 0 Å². The lowest BCUT2D eigenvalue weighted by Gasteiger charge is -2.00. The number of hydrogen-bond acceptors (Lipinski definition) is 4. The first kappa shape index (κ1) is 15.7. The molecule has 0 aliphatic carbocycles. The van der Waals surface area contributed by atoms with E-state index >= 15 is 0 Å². The number of rotatable bonds is 4. The second-order valence-corrected chi connectivity index (χ2v) is 3.76. The zero-order valence-electron chi connectivity index (χ0n) is 12.3. The Bertz CT molecular complexity index is 383. The molecule has 0 radical (unpaired) electrons. The first-order valence-corrected chi connectivity index (χ1v) is 6.09. The minimum Gasteiger partial charge on any atom is -0.497 e. The Balaban J connectivity index is 0.000000200. The Morgan fingerprint density at radius 2 is 0.550 bits per heavy atom. The van der Waals surface area contributed by atoms with Crippen LogP contribution < -0.4 is 18.9 Å². The maximum atomic E-state index is 4.96. The average Bonchev–Trinajstić information content (AvgIpc) is 2.55. The number of ether oxygens (including phenoxy) is 4. The molecule has 0 aromatic heterocycles. The van der Waals surface area contributed by atoms with Crippen LogP contribution in [0, 0.1) is 0 Å². The number of methoxy groups -OCH3 is 4. The van der Waals surface area contributed by atoms with E-state index in [0.717, 1.165) is 23.0 Å². The Kier molecular flexibility index (Phi) is 6.82. The van der Waals surface area contributed by atoms with Crippen molar-refractivity contribution in [3.63, 3.8) is 0 Å². The van der Waals surface area contributed by atoms with E-state index in [0.29, 0.717) is 0 Å². The minimum atomic E-state index is 0.848. The van der Waals surface area contributed by atoms with Crippen LogP contribution in [-0.4, -0.2) is 28.4 Å². The normalized spacial score (nSPS) is 9.00. The highest BCUT2D eigenvalue weighted by Gasteiger charge is 1.90. The van der Waals surface area contributed by atoms with E-state index in [1.54, 1.807) is 28.4 Å². The lowest BCUT2D eigenvalue weighted by molar-refractivity contribution is 0.403. The van der Waals surface area contributed by atoms with Crippen molar-refractivity contribution >= 4 is 0 Å². The molecule has 0 aliphatic rings. The molecule has 0 amide bonds. The lowest BCUT2D eigenvalue weighted by Crippen LogP contribution is -1.83. The van der Waals surface area contributed by atoms with Gasteiger partial charge in [0.05, 0.1) is 28.4 Å². The van der Waals surface area contributed by atoms with Crippen LogP contribution in [-0.2, 0) is 0 Å². The lowest BCUT2D eigenvalue weighted by atomic mass is 10.3. The predicted octanol–water partition coefficient (Wildman–Crippen LogP) is 3.41. The van der Waals surface area contributed by atoms with Crippen molar-refractivity contribution in [3.05, 3.63) is 48.5 Å². The molecule has 0 fully saturated rings. The quantitative estimate of drug-likeness (QED) is 0.857. The van der Waals surface area contributed by atoms with Crippen molar-refractivity contribution in [1.29, 1.82) is 0 Å². The van der Waals surface area contributed by atoms with Crippen LogP contribution in [0.4, 0.5) is 0 Å². The topological polar surface area (TPSA) is 36.9 Å². The molecule has 0 unspecified atom stereocenters. The van der Waals surface area contributed by atoms with Crippen LogP contribution in [0.25, 0.3) is 0 Å². The third kappa shape index (κ3) is 5.10. The molecule has 0 N–H and O–H groups in total.